The molecule has 1 aromatic carbocycles. The average Bonchev–Trinajstić information content (AvgIpc) is 2.39. The number of aryl methyl sites for hydroxylation is 2. The van der Waals surface area contributed by atoms with Crippen molar-refractivity contribution in [2.75, 3.05) is 0 Å². The van der Waals surface area contributed by atoms with Crippen molar-refractivity contribution in [3.8, 4) is 0 Å². The van der Waals surface area contributed by atoms with Crippen LogP contribution in [0.15, 0.2) is 48.7 Å². The van der Waals surface area contributed by atoms with Gasteiger partial charge in [-0.15, -0.1) is 11.6 Å². The Labute approximate surface area is 114 Å². The molecule has 0 amide bonds. The molecule has 0 saturated heterocycles. The molecule has 0 aliphatic carbocycles. The van der Waals surface area contributed by atoms with Gasteiger partial charge in [-0.2, -0.15) is 0 Å². The molecule has 2 heteroatoms. The summed E-state index contributed by atoms with van der Waals surface area (Å²) in [7, 11) is 0. The summed E-state index contributed by atoms with van der Waals surface area (Å²) < 4.78 is 0. The van der Waals surface area contributed by atoms with Crippen LogP contribution in [0.25, 0.3) is 0 Å². The Morgan fingerprint density at radius 3 is 2.61 bits per heavy atom. The topological polar surface area (TPSA) is 12.9 Å². The summed E-state index contributed by atoms with van der Waals surface area (Å²) in [5.74, 6) is 0. The van der Waals surface area contributed by atoms with Gasteiger partial charge in [-0.05, 0) is 43.0 Å². The molecule has 0 aliphatic heterocycles. The molecule has 2 aromatic rings. The lowest BCUT2D eigenvalue weighted by molar-refractivity contribution is 0.730. The smallest absolute Gasteiger partial charge is 0.0418 e. The number of nitrogens with zero attached hydrogens (tertiary/aromatic N) is 1. The number of pyridine rings is 1. The number of halogens is 1. The van der Waals surface area contributed by atoms with E-state index in [1.165, 1.54) is 11.1 Å². The van der Waals surface area contributed by atoms with Crippen LogP contribution >= 0.6 is 11.6 Å². The highest BCUT2D eigenvalue weighted by Gasteiger charge is 2.07. The molecule has 18 heavy (non-hydrogen) atoms. The van der Waals surface area contributed by atoms with Crippen molar-refractivity contribution in [2.24, 2.45) is 0 Å². The molecule has 0 radical (unpaired) electrons. The van der Waals surface area contributed by atoms with Crippen LogP contribution in [-0.2, 0) is 12.8 Å². The third-order valence-electron chi connectivity index (χ3n) is 3.14. The van der Waals surface area contributed by atoms with Gasteiger partial charge < -0.3 is 0 Å². The van der Waals surface area contributed by atoms with Gasteiger partial charge in [0.1, 0.15) is 0 Å². The Balaban J connectivity index is 1.86. The van der Waals surface area contributed by atoms with E-state index in [9.17, 15) is 0 Å². The van der Waals surface area contributed by atoms with Crippen molar-refractivity contribution in [1.29, 1.82) is 0 Å². The normalized spacial score (nSPS) is 12.3. The predicted octanol–water partition coefficient (Wildman–Crippen LogP) is 4.17. The van der Waals surface area contributed by atoms with Crippen LogP contribution in [0.2, 0.25) is 0 Å². The standard InChI is InChI=1S/C16H18ClN/c1-13-6-2-3-7-14(13)9-10-15(17)12-16-8-4-5-11-18-16/h2-8,11,15H,9-10,12H2,1H3. The highest BCUT2D eigenvalue weighted by atomic mass is 35.5. The molecule has 1 nitrogen and oxygen atoms in total. The quantitative estimate of drug-likeness (QED) is 0.735. The number of hydrogen-bond donors (Lipinski definition) is 0. The molecule has 0 saturated carbocycles. The van der Waals surface area contributed by atoms with E-state index in [4.69, 9.17) is 11.6 Å². The first-order chi connectivity index (χ1) is 8.75. The number of benzene rings is 1. The van der Waals surface area contributed by atoms with E-state index in [-0.39, 0.29) is 5.38 Å². The third-order valence-corrected chi connectivity index (χ3v) is 3.52. The number of aromatic nitrogens is 1. The van der Waals surface area contributed by atoms with Crippen LogP contribution in [0.1, 0.15) is 23.2 Å². The van der Waals surface area contributed by atoms with E-state index in [2.05, 4.69) is 36.2 Å². The summed E-state index contributed by atoms with van der Waals surface area (Å²) in [5, 5.41) is 0.152. The van der Waals surface area contributed by atoms with Crippen LogP contribution in [0.3, 0.4) is 0 Å². The minimum atomic E-state index is 0.152. The van der Waals surface area contributed by atoms with E-state index in [1.54, 1.807) is 0 Å². The summed E-state index contributed by atoms with van der Waals surface area (Å²) in [4.78, 5) is 4.31. The fourth-order valence-corrected chi connectivity index (χ4v) is 2.32. The molecule has 1 unspecified atom stereocenters. The van der Waals surface area contributed by atoms with Gasteiger partial charge in [0, 0.05) is 23.7 Å². The molecule has 0 bridgehead atoms. The third kappa shape index (κ3) is 3.85. The van der Waals surface area contributed by atoms with Crippen molar-refractivity contribution >= 4 is 11.6 Å². The van der Waals surface area contributed by atoms with Crippen LogP contribution in [0.5, 0.6) is 0 Å². The zero-order chi connectivity index (χ0) is 12.8. The second-order valence-corrected chi connectivity index (χ2v) is 5.20. The highest BCUT2D eigenvalue weighted by molar-refractivity contribution is 6.20. The molecule has 0 spiro atoms. The zero-order valence-electron chi connectivity index (χ0n) is 10.6. The lowest BCUT2D eigenvalue weighted by Crippen LogP contribution is -2.06. The van der Waals surface area contributed by atoms with Crippen LogP contribution in [0, 0.1) is 6.92 Å². The number of hydrogen-bond acceptors (Lipinski definition) is 1. The molecule has 0 fully saturated rings. The Kier molecular flexibility index (Phi) is 4.77. The van der Waals surface area contributed by atoms with Gasteiger partial charge in [0.15, 0.2) is 0 Å². The summed E-state index contributed by atoms with van der Waals surface area (Å²) in [6, 6.07) is 14.5. The lowest BCUT2D eigenvalue weighted by atomic mass is 10.0. The highest BCUT2D eigenvalue weighted by Crippen LogP contribution is 2.15. The molecular formula is C16H18ClN. The molecule has 0 N–H and O–H groups in total. The maximum Gasteiger partial charge on any atom is 0.0418 e. The lowest BCUT2D eigenvalue weighted by Gasteiger charge is -2.10. The minimum absolute atomic E-state index is 0.152. The maximum atomic E-state index is 6.38. The predicted molar refractivity (Wildman–Crippen MR) is 77.1 cm³/mol. The van der Waals surface area contributed by atoms with E-state index in [1.807, 2.05) is 24.4 Å². The van der Waals surface area contributed by atoms with Gasteiger partial charge >= 0.3 is 0 Å². The van der Waals surface area contributed by atoms with Gasteiger partial charge in [-0.3, -0.25) is 4.98 Å². The number of alkyl halides is 1. The van der Waals surface area contributed by atoms with E-state index in [0.717, 1.165) is 25.0 Å². The van der Waals surface area contributed by atoms with Crippen LogP contribution in [-0.4, -0.2) is 10.4 Å². The monoisotopic (exact) mass is 259 g/mol. The first-order valence-electron chi connectivity index (χ1n) is 6.34. The molecule has 2 rings (SSSR count). The van der Waals surface area contributed by atoms with Gasteiger partial charge in [-0.1, -0.05) is 30.3 Å². The fraction of sp³-hybridized carbons (Fsp3) is 0.312. The second-order valence-electron chi connectivity index (χ2n) is 4.59. The number of rotatable bonds is 5. The minimum Gasteiger partial charge on any atom is -0.261 e. The average molecular weight is 260 g/mol. The molecule has 1 atom stereocenters. The van der Waals surface area contributed by atoms with Gasteiger partial charge in [0.05, 0.1) is 0 Å². The summed E-state index contributed by atoms with van der Waals surface area (Å²) in [6.07, 6.45) is 4.69. The van der Waals surface area contributed by atoms with E-state index in [0.29, 0.717) is 0 Å². The van der Waals surface area contributed by atoms with Gasteiger partial charge in [0.2, 0.25) is 0 Å². The summed E-state index contributed by atoms with van der Waals surface area (Å²) in [5.41, 5.74) is 3.81. The first kappa shape index (κ1) is 13.1. The van der Waals surface area contributed by atoms with Crippen molar-refractivity contribution in [1.82, 2.24) is 4.98 Å². The Hall–Kier alpha value is -1.34. The Bertz CT molecular complexity index is 481. The Morgan fingerprint density at radius 2 is 1.89 bits per heavy atom. The van der Waals surface area contributed by atoms with E-state index >= 15 is 0 Å². The summed E-state index contributed by atoms with van der Waals surface area (Å²) in [6.45, 7) is 2.15. The fourth-order valence-electron chi connectivity index (χ4n) is 2.05. The maximum absolute atomic E-state index is 6.38. The first-order valence-corrected chi connectivity index (χ1v) is 6.78. The zero-order valence-corrected chi connectivity index (χ0v) is 11.4. The largest absolute Gasteiger partial charge is 0.261 e. The van der Waals surface area contributed by atoms with Crippen molar-refractivity contribution in [2.45, 2.75) is 31.6 Å². The second kappa shape index (κ2) is 6.55. The van der Waals surface area contributed by atoms with Gasteiger partial charge in [-0.25, -0.2) is 0 Å². The molecule has 1 aromatic heterocycles. The summed E-state index contributed by atoms with van der Waals surface area (Å²) >= 11 is 6.38. The molecule has 0 aliphatic rings. The molecular weight excluding hydrogens is 242 g/mol. The van der Waals surface area contributed by atoms with Crippen molar-refractivity contribution < 1.29 is 0 Å². The van der Waals surface area contributed by atoms with Gasteiger partial charge in [0.25, 0.3) is 0 Å². The molecule has 1 heterocycles. The van der Waals surface area contributed by atoms with Crippen LogP contribution in [0.4, 0.5) is 0 Å². The van der Waals surface area contributed by atoms with Crippen molar-refractivity contribution in [3.05, 3.63) is 65.5 Å². The Morgan fingerprint density at radius 1 is 1.11 bits per heavy atom. The van der Waals surface area contributed by atoms with Crippen LogP contribution < -0.4 is 0 Å². The SMILES string of the molecule is Cc1ccccc1CCC(Cl)Cc1ccccn1. The molecule has 94 valence electrons. The van der Waals surface area contributed by atoms with E-state index < -0.39 is 0 Å². The van der Waals surface area contributed by atoms with Crippen molar-refractivity contribution in [3.63, 3.8) is 0 Å².